The van der Waals surface area contributed by atoms with Gasteiger partial charge in [0.05, 0.1) is 17.4 Å². The fourth-order valence-electron chi connectivity index (χ4n) is 2.59. The molecule has 0 saturated heterocycles. The van der Waals surface area contributed by atoms with Crippen LogP contribution in [-0.2, 0) is 6.54 Å². The summed E-state index contributed by atoms with van der Waals surface area (Å²) in [6.45, 7) is 2.49. The lowest BCUT2D eigenvalue weighted by molar-refractivity contribution is 0.544. The fraction of sp³-hybridized carbons (Fsp3) is 0.118. The summed E-state index contributed by atoms with van der Waals surface area (Å²) < 4.78 is 21.8. The lowest BCUT2D eigenvalue weighted by Gasteiger charge is -2.00. The normalized spacial score (nSPS) is 11.4. The van der Waals surface area contributed by atoms with Crippen LogP contribution in [0.4, 0.5) is 4.39 Å². The summed E-state index contributed by atoms with van der Waals surface area (Å²) in [5.41, 5.74) is 1.33. The molecule has 0 saturated carbocycles. The van der Waals surface area contributed by atoms with Crippen molar-refractivity contribution in [3.63, 3.8) is 0 Å². The van der Waals surface area contributed by atoms with Crippen LogP contribution in [0.3, 0.4) is 0 Å². The molecular formula is C17H13FN2OS. The first-order chi connectivity index (χ1) is 10.7. The summed E-state index contributed by atoms with van der Waals surface area (Å²) in [4.78, 5) is 1.18. The van der Waals surface area contributed by atoms with Gasteiger partial charge in [-0.2, -0.15) is 5.10 Å². The Labute approximate surface area is 130 Å². The van der Waals surface area contributed by atoms with Gasteiger partial charge in [0, 0.05) is 4.88 Å². The molecule has 3 aromatic heterocycles. The van der Waals surface area contributed by atoms with Crippen LogP contribution in [0.2, 0.25) is 0 Å². The first kappa shape index (κ1) is 13.3. The average Bonchev–Trinajstić information content (AvgIpc) is 3.21. The van der Waals surface area contributed by atoms with Crippen molar-refractivity contribution < 1.29 is 8.81 Å². The number of benzene rings is 1. The minimum atomic E-state index is -0.279. The zero-order valence-electron chi connectivity index (χ0n) is 11.9. The maximum atomic E-state index is 14.3. The standard InChI is InChI=1S/C17H13FN2OS/c1-11-7-8-15(21-11)17-16-13(18)5-2-6-14(16)20(19-17)10-12-4-3-9-22-12/h2-9H,10H2,1H3. The Morgan fingerprint density at radius 1 is 1.18 bits per heavy atom. The van der Waals surface area contributed by atoms with Crippen molar-refractivity contribution in [2.75, 3.05) is 0 Å². The Bertz CT molecular complexity index is 937. The highest BCUT2D eigenvalue weighted by Gasteiger charge is 2.18. The van der Waals surface area contributed by atoms with E-state index >= 15 is 0 Å². The Morgan fingerprint density at radius 2 is 2.09 bits per heavy atom. The summed E-state index contributed by atoms with van der Waals surface area (Å²) in [5, 5.41) is 7.13. The number of rotatable bonds is 3. The molecule has 0 amide bonds. The van der Waals surface area contributed by atoms with Crippen molar-refractivity contribution in [1.82, 2.24) is 9.78 Å². The molecule has 1 aromatic carbocycles. The third kappa shape index (κ3) is 2.14. The molecule has 0 unspecified atom stereocenters. The van der Waals surface area contributed by atoms with E-state index in [9.17, 15) is 4.39 Å². The second-order valence-corrected chi connectivity index (χ2v) is 6.16. The second kappa shape index (κ2) is 5.10. The largest absolute Gasteiger partial charge is 0.460 e. The molecule has 0 atom stereocenters. The SMILES string of the molecule is Cc1ccc(-c2nn(Cc3cccs3)c3cccc(F)c23)o1. The van der Waals surface area contributed by atoms with Gasteiger partial charge in [0.2, 0.25) is 0 Å². The topological polar surface area (TPSA) is 31.0 Å². The summed E-state index contributed by atoms with van der Waals surface area (Å²) in [7, 11) is 0. The minimum absolute atomic E-state index is 0.279. The Morgan fingerprint density at radius 3 is 2.82 bits per heavy atom. The van der Waals surface area contributed by atoms with E-state index in [1.165, 1.54) is 10.9 Å². The van der Waals surface area contributed by atoms with Gasteiger partial charge in [-0.1, -0.05) is 12.1 Å². The maximum Gasteiger partial charge on any atom is 0.155 e. The van der Waals surface area contributed by atoms with Crippen LogP contribution in [0.5, 0.6) is 0 Å². The van der Waals surface area contributed by atoms with Gasteiger partial charge in [-0.15, -0.1) is 11.3 Å². The van der Waals surface area contributed by atoms with E-state index in [1.54, 1.807) is 17.4 Å². The Balaban J connectivity index is 1.93. The van der Waals surface area contributed by atoms with Crippen LogP contribution in [0.15, 0.2) is 52.3 Å². The van der Waals surface area contributed by atoms with Gasteiger partial charge in [-0.3, -0.25) is 4.68 Å². The molecule has 3 heterocycles. The number of halogens is 1. The van der Waals surface area contributed by atoms with Gasteiger partial charge in [0.1, 0.15) is 17.3 Å². The third-order valence-corrected chi connectivity index (χ3v) is 4.45. The molecule has 22 heavy (non-hydrogen) atoms. The third-order valence-electron chi connectivity index (χ3n) is 3.59. The highest BCUT2D eigenvalue weighted by molar-refractivity contribution is 7.09. The zero-order chi connectivity index (χ0) is 15.1. The molecule has 0 bridgehead atoms. The van der Waals surface area contributed by atoms with E-state index in [0.29, 0.717) is 23.4 Å². The summed E-state index contributed by atoms with van der Waals surface area (Å²) in [6.07, 6.45) is 0. The van der Waals surface area contributed by atoms with Crippen molar-refractivity contribution in [3.05, 3.63) is 64.3 Å². The molecule has 0 aliphatic carbocycles. The number of hydrogen-bond donors (Lipinski definition) is 0. The first-order valence-electron chi connectivity index (χ1n) is 6.96. The van der Waals surface area contributed by atoms with Crippen molar-refractivity contribution >= 4 is 22.2 Å². The fourth-order valence-corrected chi connectivity index (χ4v) is 3.28. The molecule has 0 aliphatic heterocycles. The van der Waals surface area contributed by atoms with Crippen molar-refractivity contribution in [2.45, 2.75) is 13.5 Å². The summed E-state index contributed by atoms with van der Waals surface area (Å²) in [5.74, 6) is 1.10. The molecule has 4 aromatic rings. The number of hydrogen-bond acceptors (Lipinski definition) is 3. The van der Waals surface area contributed by atoms with E-state index in [-0.39, 0.29) is 5.82 Å². The second-order valence-electron chi connectivity index (χ2n) is 5.13. The van der Waals surface area contributed by atoms with Gasteiger partial charge < -0.3 is 4.42 Å². The first-order valence-corrected chi connectivity index (χ1v) is 7.84. The molecule has 0 radical (unpaired) electrons. The van der Waals surface area contributed by atoms with E-state index in [2.05, 4.69) is 5.10 Å². The number of fused-ring (bicyclic) bond motifs is 1. The predicted molar refractivity (Wildman–Crippen MR) is 85.6 cm³/mol. The predicted octanol–water partition coefficient (Wildman–Crippen LogP) is 4.85. The Hall–Kier alpha value is -2.40. The molecular weight excluding hydrogens is 299 g/mol. The van der Waals surface area contributed by atoms with E-state index in [4.69, 9.17) is 4.42 Å². The molecule has 5 heteroatoms. The number of furan rings is 1. The molecule has 0 aliphatic rings. The molecule has 0 fully saturated rings. The lowest BCUT2D eigenvalue weighted by Crippen LogP contribution is -1.99. The van der Waals surface area contributed by atoms with Crippen molar-refractivity contribution in [3.8, 4) is 11.5 Å². The Kier molecular flexibility index (Phi) is 3.08. The summed E-state index contributed by atoms with van der Waals surface area (Å²) >= 11 is 1.66. The number of thiophene rings is 1. The molecule has 0 spiro atoms. The highest BCUT2D eigenvalue weighted by atomic mass is 32.1. The van der Waals surface area contributed by atoms with Crippen LogP contribution in [-0.4, -0.2) is 9.78 Å². The van der Waals surface area contributed by atoms with Gasteiger partial charge >= 0.3 is 0 Å². The molecule has 0 N–H and O–H groups in total. The van der Waals surface area contributed by atoms with Gasteiger partial charge in [-0.05, 0) is 42.6 Å². The van der Waals surface area contributed by atoms with Crippen molar-refractivity contribution in [1.29, 1.82) is 0 Å². The molecule has 4 rings (SSSR count). The zero-order valence-corrected chi connectivity index (χ0v) is 12.7. The number of aromatic nitrogens is 2. The molecule has 110 valence electrons. The highest BCUT2D eigenvalue weighted by Crippen LogP contribution is 2.31. The van der Waals surface area contributed by atoms with Gasteiger partial charge in [-0.25, -0.2) is 4.39 Å². The van der Waals surface area contributed by atoms with Crippen LogP contribution >= 0.6 is 11.3 Å². The average molecular weight is 312 g/mol. The van der Waals surface area contributed by atoms with Crippen LogP contribution in [0, 0.1) is 12.7 Å². The number of nitrogens with zero attached hydrogens (tertiary/aromatic N) is 2. The lowest BCUT2D eigenvalue weighted by atomic mass is 10.1. The van der Waals surface area contributed by atoms with Crippen molar-refractivity contribution in [2.24, 2.45) is 0 Å². The van der Waals surface area contributed by atoms with Crippen LogP contribution in [0.25, 0.3) is 22.4 Å². The van der Waals surface area contributed by atoms with Gasteiger partial charge in [0.25, 0.3) is 0 Å². The van der Waals surface area contributed by atoms with Crippen LogP contribution in [0.1, 0.15) is 10.6 Å². The quantitative estimate of drug-likeness (QED) is 0.541. The van der Waals surface area contributed by atoms with E-state index in [0.717, 1.165) is 11.3 Å². The summed E-state index contributed by atoms with van der Waals surface area (Å²) in [6, 6.07) is 12.8. The van der Waals surface area contributed by atoms with E-state index in [1.807, 2.05) is 47.3 Å². The smallest absolute Gasteiger partial charge is 0.155 e. The van der Waals surface area contributed by atoms with Gasteiger partial charge in [0.15, 0.2) is 5.76 Å². The monoisotopic (exact) mass is 312 g/mol. The minimum Gasteiger partial charge on any atom is -0.460 e. The maximum absolute atomic E-state index is 14.3. The molecule has 3 nitrogen and oxygen atoms in total. The van der Waals surface area contributed by atoms with E-state index < -0.39 is 0 Å². The number of aryl methyl sites for hydroxylation is 1. The van der Waals surface area contributed by atoms with Crippen LogP contribution < -0.4 is 0 Å².